The number of pyridine rings is 1. The van der Waals surface area contributed by atoms with E-state index >= 15 is 0 Å². The molecule has 0 unspecified atom stereocenters. The molecule has 7 heteroatoms. The van der Waals surface area contributed by atoms with E-state index < -0.39 is 0 Å². The van der Waals surface area contributed by atoms with Crippen LogP contribution in [-0.4, -0.2) is 34.2 Å². The molecule has 86 valence electrons. The average molecular weight is 239 g/mol. The van der Waals surface area contributed by atoms with Gasteiger partial charge in [-0.1, -0.05) is 0 Å². The number of hydrogen-bond acceptors (Lipinski definition) is 4. The maximum atomic E-state index is 8.55. The summed E-state index contributed by atoms with van der Waals surface area (Å²) in [5.74, 6) is 0.315. The summed E-state index contributed by atoms with van der Waals surface area (Å²) in [6.07, 6.45) is 3.25. The van der Waals surface area contributed by atoms with E-state index in [1.807, 2.05) is 0 Å². The topological polar surface area (TPSA) is 95.6 Å². The predicted molar refractivity (Wildman–Crippen MR) is 65.8 cm³/mol. The van der Waals surface area contributed by atoms with Gasteiger partial charge in [-0.05, 0) is 24.4 Å². The molecule has 0 aliphatic rings. The van der Waals surface area contributed by atoms with Gasteiger partial charge in [-0.3, -0.25) is 10.4 Å². The molecular weight excluding hydrogens is 226 g/mol. The predicted octanol–water partition coefficient (Wildman–Crippen LogP) is -0.842. The summed E-state index contributed by atoms with van der Waals surface area (Å²) in [5, 5.41) is 15.5. The minimum absolute atomic E-state index is 0.00533. The monoisotopic (exact) mass is 239 g/mol. The lowest BCUT2D eigenvalue weighted by molar-refractivity contribution is 0.300. The Hall–Kier alpha value is -1.73. The van der Waals surface area contributed by atoms with Gasteiger partial charge in [0.2, 0.25) is 0 Å². The van der Waals surface area contributed by atoms with Crippen molar-refractivity contribution >= 4 is 23.2 Å². The van der Waals surface area contributed by atoms with Gasteiger partial charge in [-0.25, -0.2) is 0 Å². The molecule has 5 N–H and O–H groups in total. The Balaban J connectivity index is 2.48. The van der Waals surface area contributed by atoms with Crippen molar-refractivity contribution in [3.05, 3.63) is 30.1 Å². The average Bonchev–Trinajstić information content (AvgIpc) is 2.34. The summed E-state index contributed by atoms with van der Waals surface area (Å²) in [6.45, 7) is 0.377. The summed E-state index contributed by atoms with van der Waals surface area (Å²) in [4.78, 5) is 3.87. The minimum Gasteiger partial charge on any atom is -0.395 e. The van der Waals surface area contributed by atoms with E-state index in [4.69, 9.17) is 23.1 Å². The van der Waals surface area contributed by atoms with Crippen LogP contribution in [0.25, 0.3) is 0 Å². The quantitative estimate of drug-likeness (QED) is 0.237. The van der Waals surface area contributed by atoms with Crippen LogP contribution in [0.1, 0.15) is 5.56 Å². The third-order valence-electron chi connectivity index (χ3n) is 1.65. The molecule has 1 rings (SSSR count). The normalized spacial score (nSPS) is 10.9. The molecular formula is C9H13N5OS. The molecule has 0 aliphatic carbocycles. The van der Waals surface area contributed by atoms with Crippen molar-refractivity contribution in [2.24, 2.45) is 10.8 Å². The number of aliphatic hydroxyl groups excluding tert-OH is 1. The molecule has 0 radical (unpaired) electrons. The van der Waals surface area contributed by atoms with Crippen LogP contribution in [0.15, 0.2) is 29.6 Å². The fourth-order valence-electron chi connectivity index (χ4n) is 0.907. The SMILES string of the molecule is N/C(=N\NC(=S)NCCO)c1ccncc1. The Kier molecular flexibility index (Phi) is 5.17. The maximum absolute atomic E-state index is 8.55. The van der Waals surface area contributed by atoms with Crippen LogP contribution in [0.5, 0.6) is 0 Å². The first-order chi connectivity index (χ1) is 7.74. The van der Waals surface area contributed by atoms with Crippen molar-refractivity contribution in [3.8, 4) is 0 Å². The first-order valence-electron chi connectivity index (χ1n) is 4.62. The van der Waals surface area contributed by atoms with Crippen LogP contribution >= 0.6 is 12.2 Å². The molecule has 0 amide bonds. The van der Waals surface area contributed by atoms with Crippen LogP contribution in [0, 0.1) is 0 Å². The van der Waals surface area contributed by atoms with E-state index in [1.54, 1.807) is 24.5 Å². The van der Waals surface area contributed by atoms with Gasteiger partial charge in [0, 0.05) is 24.5 Å². The zero-order valence-corrected chi connectivity index (χ0v) is 9.37. The summed E-state index contributed by atoms with van der Waals surface area (Å²) < 4.78 is 0. The second-order valence-electron chi connectivity index (χ2n) is 2.82. The molecule has 0 bridgehead atoms. The number of nitrogens with zero attached hydrogens (tertiary/aromatic N) is 2. The summed E-state index contributed by atoms with van der Waals surface area (Å²) >= 11 is 4.88. The van der Waals surface area contributed by atoms with Gasteiger partial charge in [0.15, 0.2) is 10.9 Å². The van der Waals surface area contributed by atoms with Crippen LogP contribution in [0.2, 0.25) is 0 Å². The van der Waals surface area contributed by atoms with Crippen molar-refractivity contribution in [2.75, 3.05) is 13.2 Å². The molecule has 6 nitrogen and oxygen atoms in total. The van der Waals surface area contributed by atoms with E-state index in [0.29, 0.717) is 17.5 Å². The first-order valence-corrected chi connectivity index (χ1v) is 5.03. The number of amidine groups is 1. The molecule has 0 aliphatic heterocycles. The molecule has 1 heterocycles. The van der Waals surface area contributed by atoms with Crippen molar-refractivity contribution in [2.45, 2.75) is 0 Å². The van der Waals surface area contributed by atoms with E-state index in [-0.39, 0.29) is 6.61 Å². The lowest BCUT2D eigenvalue weighted by atomic mass is 10.2. The van der Waals surface area contributed by atoms with Crippen molar-refractivity contribution in [1.29, 1.82) is 0 Å². The minimum atomic E-state index is 0.00533. The second-order valence-corrected chi connectivity index (χ2v) is 3.23. The number of hydrazone groups is 1. The number of thiocarbonyl (C=S) groups is 1. The molecule has 1 aromatic rings. The Labute approximate surface area is 98.6 Å². The van der Waals surface area contributed by atoms with Crippen molar-refractivity contribution < 1.29 is 5.11 Å². The fourth-order valence-corrected chi connectivity index (χ4v) is 1.05. The molecule has 0 spiro atoms. The Bertz CT molecular complexity index is 367. The lowest BCUT2D eigenvalue weighted by Crippen LogP contribution is -2.35. The Morgan fingerprint density at radius 3 is 2.81 bits per heavy atom. The van der Waals surface area contributed by atoms with Gasteiger partial charge >= 0.3 is 0 Å². The molecule has 16 heavy (non-hydrogen) atoms. The molecule has 1 aromatic heterocycles. The third kappa shape index (κ3) is 4.20. The molecule has 0 aromatic carbocycles. The molecule has 0 fully saturated rings. The van der Waals surface area contributed by atoms with Gasteiger partial charge in [0.25, 0.3) is 0 Å². The highest BCUT2D eigenvalue weighted by Gasteiger charge is 1.97. The van der Waals surface area contributed by atoms with Crippen LogP contribution in [-0.2, 0) is 0 Å². The van der Waals surface area contributed by atoms with Gasteiger partial charge in [-0.2, -0.15) is 5.10 Å². The second kappa shape index (κ2) is 6.70. The van der Waals surface area contributed by atoms with E-state index in [1.165, 1.54) is 0 Å². The zero-order valence-electron chi connectivity index (χ0n) is 8.55. The number of hydrogen-bond donors (Lipinski definition) is 4. The Morgan fingerprint density at radius 1 is 1.50 bits per heavy atom. The summed E-state index contributed by atoms with van der Waals surface area (Å²) in [5.41, 5.74) is 9.02. The Morgan fingerprint density at radius 2 is 2.19 bits per heavy atom. The largest absolute Gasteiger partial charge is 0.395 e. The summed E-state index contributed by atoms with van der Waals surface area (Å²) in [7, 11) is 0. The van der Waals surface area contributed by atoms with Gasteiger partial charge in [-0.15, -0.1) is 0 Å². The van der Waals surface area contributed by atoms with E-state index in [2.05, 4.69) is 20.8 Å². The fraction of sp³-hybridized carbons (Fsp3) is 0.222. The van der Waals surface area contributed by atoms with Gasteiger partial charge in [0.1, 0.15) is 0 Å². The van der Waals surface area contributed by atoms with Gasteiger partial charge < -0.3 is 16.2 Å². The van der Waals surface area contributed by atoms with E-state index in [0.717, 1.165) is 5.56 Å². The molecule has 0 saturated heterocycles. The highest BCUT2D eigenvalue weighted by atomic mass is 32.1. The highest BCUT2D eigenvalue weighted by molar-refractivity contribution is 7.80. The molecule has 0 atom stereocenters. The number of nitrogens with one attached hydrogen (secondary N) is 2. The van der Waals surface area contributed by atoms with Crippen LogP contribution in [0.4, 0.5) is 0 Å². The standard InChI is InChI=1S/C9H13N5OS/c10-8(7-1-3-11-4-2-7)13-14-9(16)12-5-6-15/h1-4,15H,5-6H2,(H2,10,13)(H2,12,14,16). The van der Waals surface area contributed by atoms with E-state index in [9.17, 15) is 0 Å². The number of aliphatic hydroxyl groups is 1. The highest BCUT2D eigenvalue weighted by Crippen LogP contribution is 1.94. The van der Waals surface area contributed by atoms with Crippen molar-refractivity contribution in [1.82, 2.24) is 15.7 Å². The third-order valence-corrected chi connectivity index (χ3v) is 1.89. The smallest absolute Gasteiger partial charge is 0.187 e. The van der Waals surface area contributed by atoms with Gasteiger partial charge in [0.05, 0.1) is 6.61 Å². The molecule has 0 saturated carbocycles. The van der Waals surface area contributed by atoms with Crippen molar-refractivity contribution in [3.63, 3.8) is 0 Å². The lowest BCUT2D eigenvalue weighted by Gasteiger charge is -2.05. The maximum Gasteiger partial charge on any atom is 0.187 e. The number of nitrogens with two attached hydrogens (primary N) is 1. The zero-order chi connectivity index (χ0) is 11.8. The summed E-state index contributed by atoms with van der Waals surface area (Å²) in [6, 6.07) is 3.48. The number of rotatable bonds is 4. The first kappa shape index (κ1) is 12.3. The van der Waals surface area contributed by atoms with Crippen LogP contribution < -0.4 is 16.5 Å². The number of aromatic nitrogens is 1. The van der Waals surface area contributed by atoms with Crippen LogP contribution in [0.3, 0.4) is 0 Å².